The molecule has 0 radical (unpaired) electrons. The largest absolute Gasteiger partial charge is 0.478 e. The number of benzene rings is 1. The van der Waals surface area contributed by atoms with Crippen LogP contribution >= 0.6 is 23.4 Å². The van der Waals surface area contributed by atoms with Crippen LogP contribution in [0.15, 0.2) is 18.2 Å². The minimum Gasteiger partial charge on any atom is -0.478 e. The van der Waals surface area contributed by atoms with E-state index < -0.39 is 5.97 Å². The van der Waals surface area contributed by atoms with Crippen LogP contribution in [0.5, 0.6) is 0 Å². The summed E-state index contributed by atoms with van der Waals surface area (Å²) in [7, 11) is 0. The van der Waals surface area contributed by atoms with Gasteiger partial charge in [-0.15, -0.1) is 0 Å². The highest BCUT2D eigenvalue weighted by atomic mass is 35.5. The molecule has 3 nitrogen and oxygen atoms in total. The molecule has 0 amide bonds. The molecule has 1 unspecified atom stereocenters. The maximum Gasteiger partial charge on any atom is 0.337 e. The normalized spacial score (nSPS) is 21.9. The first-order valence-electron chi connectivity index (χ1n) is 6.27. The van der Waals surface area contributed by atoms with Gasteiger partial charge in [0.05, 0.1) is 10.6 Å². The highest BCUT2D eigenvalue weighted by Crippen LogP contribution is 2.36. The molecule has 104 valence electrons. The van der Waals surface area contributed by atoms with E-state index in [9.17, 15) is 4.79 Å². The summed E-state index contributed by atoms with van der Waals surface area (Å²) in [5.41, 5.74) is 1.18. The SMILES string of the molecule is CC1(C)CCSCC1Nc1ccc(Cl)c(C(=O)O)c1. The number of hydrogen-bond acceptors (Lipinski definition) is 3. The molecule has 2 N–H and O–H groups in total. The second kappa shape index (κ2) is 5.63. The minimum atomic E-state index is -0.995. The van der Waals surface area contributed by atoms with Gasteiger partial charge in [-0.3, -0.25) is 0 Å². The Bertz CT molecular complexity index is 490. The molecular weight excluding hydrogens is 282 g/mol. The van der Waals surface area contributed by atoms with E-state index in [2.05, 4.69) is 19.2 Å². The third kappa shape index (κ3) is 3.37. The molecular formula is C14H18ClNO2S. The van der Waals surface area contributed by atoms with Crippen LogP contribution in [0.25, 0.3) is 0 Å². The number of rotatable bonds is 3. The first-order chi connectivity index (χ1) is 8.90. The molecule has 5 heteroatoms. The molecule has 1 aromatic rings. The number of hydrogen-bond donors (Lipinski definition) is 2. The van der Waals surface area contributed by atoms with E-state index in [0.717, 1.165) is 17.9 Å². The molecule has 0 saturated carbocycles. The monoisotopic (exact) mass is 299 g/mol. The average molecular weight is 300 g/mol. The zero-order chi connectivity index (χ0) is 14.0. The molecule has 1 atom stereocenters. The summed E-state index contributed by atoms with van der Waals surface area (Å²) in [4.78, 5) is 11.1. The van der Waals surface area contributed by atoms with Crippen molar-refractivity contribution in [3.8, 4) is 0 Å². The van der Waals surface area contributed by atoms with Crippen LogP contribution < -0.4 is 5.32 Å². The summed E-state index contributed by atoms with van der Waals surface area (Å²) in [5.74, 6) is 1.23. The summed E-state index contributed by atoms with van der Waals surface area (Å²) in [6, 6.07) is 5.43. The summed E-state index contributed by atoms with van der Waals surface area (Å²) < 4.78 is 0. The second-order valence-electron chi connectivity index (χ2n) is 5.51. The van der Waals surface area contributed by atoms with Gasteiger partial charge in [0.15, 0.2) is 0 Å². The van der Waals surface area contributed by atoms with Gasteiger partial charge in [-0.05, 0) is 35.8 Å². The Kier molecular flexibility index (Phi) is 4.31. The molecule has 19 heavy (non-hydrogen) atoms. The topological polar surface area (TPSA) is 49.3 Å². The smallest absolute Gasteiger partial charge is 0.337 e. The van der Waals surface area contributed by atoms with Crippen molar-refractivity contribution in [2.24, 2.45) is 5.41 Å². The fraction of sp³-hybridized carbons (Fsp3) is 0.500. The molecule has 0 aromatic heterocycles. The molecule has 0 aliphatic carbocycles. The number of halogens is 1. The summed E-state index contributed by atoms with van der Waals surface area (Å²) >= 11 is 7.81. The van der Waals surface area contributed by atoms with Crippen molar-refractivity contribution in [2.75, 3.05) is 16.8 Å². The van der Waals surface area contributed by atoms with E-state index in [0.29, 0.717) is 6.04 Å². The molecule has 0 spiro atoms. The van der Waals surface area contributed by atoms with Crippen molar-refractivity contribution in [3.63, 3.8) is 0 Å². The standard InChI is InChI=1S/C14H18ClNO2S/c1-14(2)5-6-19-8-12(14)16-9-3-4-11(15)10(7-9)13(17)18/h3-4,7,12,16H,5-6,8H2,1-2H3,(H,17,18). The van der Waals surface area contributed by atoms with Crippen LogP contribution in [0.2, 0.25) is 5.02 Å². The molecule has 1 heterocycles. The van der Waals surface area contributed by atoms with E-state index in [4.69, 9.17) is 16.7 Å². The first-order valence-corrected chi connectivity index (χ1v) is 7.80. The maximum absolute atomic E-state index is 11.1. The third-order valence-electron chi connectivity index (χ3n) is 3.66. The highest BCUT2D eigenvalue weighted by molar-refractivity contribution is 7.99. The maximum atomic E-state index is 11.1. The van der Waals surface area contributed by atoms with Crippen molar-refractivity contribution in [1.29, 1.82) is 0 Å². The van der Waals surface area contributed by atoms with Crippen molar-refractivity contribution in [2.45, 2.75) is 26.3 Å². The number of carboxylic acids is 1. The minimum absolute atomic E-state index is 0.146. The Morgan fingerprint density at radius 3 is 2.89 bits per heavy atom. The summed E-state index contributed by atoms with van der Waals surface area (Å²) in [5, 5.41) is 12.8. The van der Waals surface area contributed by atoms with E-state index in [-0.39, 0.29) is 16.0 Å². The van der Waals surface area contributed by atoms with Crippen molar-refractivity contribution in [3.05, 3.63) is 28.8 Å². The number of thioether (sulfide) groups is 1. The van der Waals surface area contributed by atoms with Gasteiger partial charge in [0.2, 0.25) is 0 Å². The van der Waals surface area contributed by atoms with Crippen LogP contribution in [0.4, 0.5) is 5.69 Å². The highest BCUT2D eigenvalue weighted by Gasteiger charge is 2.32. The van der Waals surface area contributed by atoms with E-state index in [1.165, 1.54) is 5.75 Å². The zero-order valence-corrected chi connectivity index (χ0v) is 12.6. The van der Waals surface area contributed by atoms with Gasteiger partial charge in [0.1, 0.15) is 0 Å². The third-order valence-corrected chi connectivity index (χ3v) is 5.05. The lowest BCUT2D eigenvalue weighted by atomic mass is 9.82. The Hall–Kier alpha value is -0.870. The van der Waals surface area contributed by atoms with Gasteiger partial charge in [0, 0.05) is 17.5 Å². The molecule has 2 rings (SSSR count). The molecule has 0 bridgehead atoms. The lowest BCUT2D eigenvalue weighted by Crippen LogP contribution is -2.41. The Morgan fingerprint density at radius 2 is 2.26 bits per heavy atom. The van der Waals surface area contributed by atoms with Crippen molar-refractivity contribution >= 4 is 35.0 Å². The van der Waals surface area contributed by atoms with Crippen LogP contribution in [-0.2, 0) is 0 Å². The summed E-state index contributed by atoms with van der Waals surface area (Å²) in [6.07, 6.45) is 1.16. The van der Waals surface area contributed by atoms with Crippen molar-refractivity contribution < 1.29 is 9.90 Å². The predicted molar refractivity (Wildman–Crippen MR) is 81.5 cm³/mol. The average Bonchev–Trinajstić information content (AvgIpc) is 2.33. The van der Waals surface area contributed by atoms with Gasteiger partial charge in [-0.2, -0.15) is 11.8 Å². The number of carbonyl (C=O) groups is 1. The van der Waals surface area contributed by atoms with Crippen LogP contribution in [0, 0.1) is 5.41 Å². The van der Waals surface area contributed by atoms with Gasteiger partial charge in [-0.1, -0.05) is 25.4 Å². The first kappa shape index (κ1) is 14.5. The van der Waals surface area contributed by atoms with Crippen LogP contribution in [0.1, 0.15) is 30.6 Å². The van der Waals surface area contributed by atoms with Gasteiger partial charge >= 0.3 is 5.97 Å². The van der Waals surface area contributed by atoms with E-state index >= 15 is 0 Å². The van der Waals surface area contributed by atoms with Crippen LogP contribution in [0.3, 0.4) is 0 Å². The lowest BCUT2D eigenvalue weighted by molar-refractivity contribution is 0.0697. The molecule has 1 saturated heterocycles. The zero-order valence-electron chi connectivity index (χ0n) is 11.1. The van der Waals surface area contributed by atoms with Gasteiger partial charge in [0.25, 0.3) is 0 Å². The molecule has 1 aliphatic rings. The fourth-order valence-electron chi connectivity index (χ4n) is 2.15. The molecule has 1 aromatic carbocycles. The lowest BCUT2D eigenvalue weighted by Gasteiger charge is -2.39. The molecule has 1 fully saturated rings. The number of anilines is 1. The van der Waals surface area contributed by atoms with Gasteiger partial charge in [-0.25, -0.2) is 4.79 Å². The fourth-order valence-corrected chi connectivity index (χ4v) is 3.96. The van der Waals surface area contributed by atoms with Crippen molar-refractivity contribution in [1.82, 2.24) is 0 Å². The molecule has 1 aliphatic heterocycles. The predicted octanol–water partition coefficient (Wildman–Crippen LogP) is 3.98. The Balaban J connectivity index is 2.19. The number of aromatic carboxylic acids is 1. The Labute approximate surface area is 122 Å². The Morgan fingerprint density at radius 1 is 1.53 bits per heavy atom. The second-order valence-corrected chi connectivity index (χ2v) is 7.07. The van der Waals surface area contributed by atoms with Gasteiger partial charge < -0.3 is 10.4 Å². The summed E-state index contributed by atoms with van der Waals surface area (Å²) in [6.45, 7) is 4.50. The number of nitrogens with one attached hydrogen (secondary N) is 1. The van der Waals surface area contributed by atoms with Crippen LogP contribution in [-0.4, -0.2) is 28.6 Å². The van der Waals surface area contributed by atoms with E-state index in [1.807, 2.05) is 17.8 Å². The van der Waals surface area contributed by atoms with E-state index in [1.54, 1.807) is 12.1 Å². The quantitative estimate of drug-likeness (QED) is 0.886. The number of carboxylic acid groups (broad SMARTS) is 1.